The Hall–Kier alpha value is -3.69. The van der Waals surface area contributed by atoms with Crippen molar-refractivity contribution >= 4 is 10.8 Å². The van der Waals surface area contributed by atoms with Crippen molar-refractivity contribution in [1.29, 1.82) is 0 Å². The first-order valence-corrected chi connectivity index (χ1v) is 14.9. The van der Waals surface area contributed by atoms with E-state index in [0.29, 0.717) is 17.3 Å². The molecule has 43 heavy (non-hydrogen) atoms. The predicted molar refractivity (Wildman–Crippen MR) is 160 cm³/mol. The highest BCUT2D eigenvalue weighted by Crippen LogP contribution is 2.39. The lowest BCUT2D eigenvalue weighted by molar-refractivity contribution is -0.137. The summed E-state index contributed by atoms with van der Waals surface area (Å²) in [4.78, 5) is 4.53. The molecule has 0 aliphatic carbocycles. The number of benzene rings is 3. The second-order valence-corrected chi connectivity index (χ2v) is 11.8. The minimum Gasteiger partial charge on any atom is -0.466 e. The van der Waals surface area contributed by atoms with Gasteiger partial charge >= 0.3 is 6.18 Å². The summed E-state index contributed by atoms with van der Waals surface area (Å²) in [7, 11) is 4.15. The van der Waals surface area contributed by atoms with E-state index in [0.717, 1.165) is 67.2 Å². The average Bonchev–Trinajstić information content (AvgIpc) is 3.63. The summed E-state index contributed by atoms with van der Waals surface area (Å²) >= 11 is 0. The summed E-state index contributed by atoms with van der Waals surface area (Å²) in [6.45, 7) is 3.97. The van der Waals surface area contributed by atoms with Gasteiger partial charge < -0.3 is 9.47 Å². The van der Waals surface area contributed by atoms with Crippen LogP contribution in [-0.2, 0) is 6.18 Å². The van der Waals surface area contributed by atoms with Gasteiger partial charge in [-0.1, -0.05) is 54.1 Å². The fourth-order valence-corrected chi connectivity index (χ4v) is 6.46. The van der Waals surface area contributed by atoms with E-state index in [4.69, 9.17) is 9.47 Å². The Morgan fingerprint density at radius 2 is 1.14 bits per heavy atom. The highest BCUT2D eigenvalue weighted by atomic mass is 19.4. The number of halogens is 3. The van der Waals surface area contributed by atoms with E-state index in [1.54, 1.807) is 0 Å². The molecule has 2 aliphatic rings. The summed E-state index contributed by atoms with van der Waals surface area (Å²) in [6.07, 6.45) is -1.19. The number of ether oxygens (including phenoxy) is 2. The molecule has 6 nitrogen and oxygen atoms in total. The SMILES string of the molecule is Cc1ccc([C@@H](Oc2nnc(O[C@H](c3ccc(C(F)(F)F)cc3)[C@@H]3CCCN3C)c3ccccc23)[C@@H]2CCCN2C)cc1. The van der Waals surface area contributed by atoms with Crippen molar-refractivity contribution in [3.05, 3.63) is 95.1 Å². The number of hydrogen-bond donors (Lipinski definition) is 0. The van der Waals surface area contributed by atoms with E-state index < -0.39 is 17.8 Å². The molecule has 0 radical (unpaired) electrons. The fourth-order valence-electron chi connectivity index (χ4n) is 6.46. The Balaban J connectivity index is 1.35. The first-order chi connectivity index (χ1) is 20.7. The minimum absolute atomic E-state index is 0.0166. The number of nitrogens with zero attached hydrogens (tertiary/aromatic N) is 4. The van der Waals surface area contributed by atoms with Crippen LogP contribution in [0, 0.1) is 6.92 Å². The highest BCUT2D eigenvalue weighted by molar-refractivity contribution is 5.90. The molecule has 0 N–H and O–H groups in total. The van der Waals surface area contributed by atoms with Gasteiger partial charge in [-0.15, -0.1) is 10.2 Å². The number of likely N-dealkylation sites (tertiary alicyclic amines) is 2. The quantitative estimate of drug-likeness (QED) is 0.213. The van der Waals surface area contributed by atoms with Crippen LogP contribution in [-0.4, -0.2) is 59.3 Å². The molecule has 2 saturated heterocycles. The van der Waals surface area contributed by atoms with Gasteiger partial charge in [-0.25, -0.2) is 0 Å². The molecular weight excluding hydrogens is 553 g/mol. The van der Waals surface area contributed by atoms with E-state index in [-0.39, 0.29) is 18.2 Å². The molecule has 0 amide bonds. The number of aromatic nitrogens is 2. The largest absolute Gasteiger partial charge is 0.466 e. The van der Waals surface area contributed by atoms with Gasteiger partial charge in [0.05, 0.1) is 28.4 Å². The molecule has 3 heterocycles. The second-order valence-electron chi connectivity index (χ2n) is 11.8. The lowest BCUT2D eigenvalue weighted by Gasteiger charge is -2.31. The molecule has 0 spiro atoms. The first-order valence-electron chi connectivity index (χ1n) is 14.9. The van der Waals surface area contributed by atoms with E-state index in [2.05, 4.69) is 58.2 Å². The topological polar surface area (TPSA) is 50.7 Å². The summed E-state index contributed by atoms with van der Waals surface area (Å²) in [6, 6.07) is 21.6. The van der Waals surface area contributed by atoms with Crippen molar-refractivity contribution in [3.8, 4) is 11.8 Å². The smallest absolute Gasteiger partial charge is 0.416 e. The van der Waals surface area contributed by atoms with Gasteiger partial charge in [-0.3, -0.25) is 9.80 Å². The molecule has 226 valence electrons. The number of fused-ring (bicyclic) bond motifs is 1. The maximum atomic E-state index is 13.3. The Kier molecular flexibility index (Phi) is 8.29. The van der Waals surface area contributed by atoms with E-state index in [1.807, 2.05) is 31.3 Å². The molecular formula is C34H37F3N4O2. The summed E-state index contributed by atoms with van der Waals surface area (Å²) < 4.78 is 53.3. The van der Waals surface area contributed by atoms with Crippen LogP contribution in [0.4, 0.5) is 13.2 Å². The molecule has 4 atom stereocenters. The van der Waals surface area contributed by atoms with Crippen molar-refractivity contribution in [2.24, 2.45) is 0 Å². The van der Waals surface area contributed by atoms with E-state index >= 15 is 0 Å². The van der Waals surface area contributed by atoms with Gasteiger partial charge in [0.25, 0.3) is 0 Å². The van der Waals surface area contributed by atoms with Crippen molar-refractivity contribution in [1.82, 2.24) is 20.0 Å². The second kappa shape index (κ2) is 12.1. The molecule has 9 heteroatoms. The number of likely N-dealkylation sites (N-methyl/N-ethyl adjacent to an activating group) is 2. The van der Waals surface area contributed by atoms with Crippen LogP contribution in [0.5, 0.6) is 11.8 Å². The van der Waals surface area contributed by atoms with Crippen LogP contribution in [0.3, 0.4) is 0 Å². The molecule has 1 aromatic heterocycles. The van der Waals surface area contributed by atoms with Crippen LogP contribution in [0.15, 0.2) is 72.8 Å². The lowest BCUT2D eigenvalue weighted by Crippen LogP contribution is -2.34. The van der Waals surface area contributed by atoms with Gasteiger partial charge in [0.1, 0.15) is 12.2 Å². The molecule has 0 unspecified atom stereocenters. The molecule has 2 aliphatic heterocycles. The third-order valence-corrected chi connectivity index (χ3v) is 8.92. The lowest BCUT2D eigenvalue weighted by atomic mass is 9.98. The third kappa shape index (κ3) is 6.19. The van der Waals surface area contributed by atoms with Crippen LogP contribution in [0.1, 0.15) is 60.1 Å². The summed E-state index contributed by atoms with van der Waals surface area (Å²) in [5, 5.41) is 10.6. The monoisotopic (exact) mass is 590 g/mol. The van der Waals surface area contributed by atoms with Crippen molar-refractivity contribution in [2.45, 2.75) is 63.1 Å². The van der Waals surface area contributed by atoms with Crippen LogP contribution >= 0.6 is 0 Å². The summed E-state index contributed by atoms with van der Waals surface area (Å²) in [5.41, 5.74) is 2.26. The first kappa shape index (κ1) is 29.4. The van der Waals surface area contributed by atoms with Crippen LogP contribution < -0.4 is 9.47 Å². The van der Waals surface area contributed by atoms with Crippen molar-refractivity contribution < 1.29 is 22.6 Å². The Morgan fingerprint density at radius 1 is 0.698 bits per heavy atom. The van der Waals surface area contributed by atoms with Crippen molar-refractivity contribution in [3.63, 3.8) is 0 Å². The zero-order valence-corrected chi connectivity index (χ0v) is 24.7. The zero-order valence-electron chi connectivity index (χ0n) is 24.7. The zero-order chi connectivity index (χ0) is 30.1. The Bertz CT molecular complexity index is 1540. The Morgan fingerprint density at radius 3 is 1.53 bits per heavy atom. The molecule has 3 aromatic carbocycles. The van der Waals surface area contributed by atoms with Crippen molar-refractivity contribution in [2.75, 3.05) is 27.2 Å². The normalized spacial score (nSPS) is 21.3. The van der Waals surface area contributed by atoms with Gasteiger partial charge in [-0.05, 0) is 95.2 Å². The number of alkyl halides is 3. The fraction of sp³-hybridized carbons (Fsp3) is 0.412. The number of aryl methyl sites for hydroxylation is 1. The third-order valence-electron chi connectivity index (χ3n) is 8.92. The molecule has 2 fully saturated rings. The minimum atomic E-state index is -4.40. The van der Waals surface area contributed by atoms with Gasteiger partial charge in [0.2, 0.25) is 11.8 Å². The predicted octanol–water partition coefficient (Wildman–Crippen LogP) is 7.39. The molecule has 4 aromatic rings. The maximum absolute atomic E-state index is 13.3. The maximum Gasteiger partial charge on any atom is 0.416 e. The Labute approximate surface area is 250 Å². The van der Waals surface area contributed by atoms with Gasteiger partial charge in [0.15, 0.2) is 0 Å². The van der Waals surface area contributed by atoms with Crippen LogP contribution in [0.25, 0.3) is 10.8 Å². The highest BCUT2D eigenvalue weighted by Gasteiger charge is 2.36. The molecule has 0 bridgehead atoms. The molecule has 0 saturated carbocycles. The van der Waals surface area contributed by atoms with Gasteiger partial charge in [0, 0.05) is 0 Å². The van der Waals surface area contributed by atoms with Crippen LogP contribution in [0.2, 0.25) is 0 Å². The van der Waals surface area contributed by atoms with E-state index in [9.17, 15) is 13.2 Å². The molecule has 6 rings (SSSR count). The average molecular weight is 591 g/mol. The standard InChI is InChI=1S/C34H37F3N4O2/c1-22-12-14-23(15-13-22)30(28-10-6-20-40(28)2)42-32-26-8-4-5-9-27(26)33(39-38-32)43-31(29-11-7-21-41(29)3)24-16-18-25(19-17-24)34(35,36)37/h4-5,8-9,12-19,28-31H,6-7,10-11,20-21H2,1-3H3/t28-,29-,30+,31+/m0/s1. The summed E-state index contributed by atoms with van der Waals surface area (Å²) in [5.74, 6) is 0.760. The number of hydrogen-bond acceptors (Lipinski definition) is 6. The van der Waals surface area contributed by atoms with E-state index in [1.165, 1.54) is 17.7 Å². The number of rotatable bonds is 8. The van der Waals surface area contributed by atoms with Gasteiger partial charge in [-0.2, -0.15) is 13.2 Å².